The van der Waals surface area contributed by atoms with Gasteiger partial charge in [-0.05, 0) is 18.6 Å². The number of fused-ring (bicyclic) bond motifs is 1. The maximum atomic E-state index is 10.7. The summed E-state index contributed by atoms with van der Waals surface area (Å²) >= 11 is 0. The summed E-state index contributed by atoms with van der Waals surface area (Å²) in [7, 11) is 0. The van der Waals surface area contributed by atoms with Crippen molar-refractivity contribution in [2.45, 2.75) is 6.92 Å². The molecule has 2 rings (SSSR count). The Bertz CT molecular complexity index is 549. The minimum atomic E-state index is -0.447. The fourth-order valence-electron chi connectivity index (χ4n) is 1.59. The SMILES string of the molecule is Cc1ccc2c([N+](=O)[O-])cccc2c1O. The van der Waals surface area contributed by atoms with E-state index in [1.165, 1.54) is 6.07 Å². The van der Waals surface area contributed by atoms with E-state index in [4.69, 9.17) is 0 Å². The van der Waals surface area contributed by atoms with Crippen LogP contribution in [-0.2, 0) is 0 Å². The number of aryl methyl sites for hydroxylation is 1. The number of nitro benzene ring substituents is 1. The Balaban J connectivity index is 2.89. The third-order valence-electron chi connectivity index (χ3n) is 2.41. The monoisotopic (exact) mass is 203 g/mol. The van der Waals surface area contributed by atoms with E-state index in [1.54, 1.807) is 31.2 Å². The van der Waals surface area contributed by atoms with E-state index in [2.05, 4.69) is 0 Å². The molecule has 2 aromatic carbocycles. The van der Waals surface area contributed by atoms with Crippen LogP contribution in [0.3, 0.4) is 0 Å². The zero-order chi connectivity index (χ0) is 11.0. The van der Waals surface area contributed by atoms with Crippen molar-refractivity contribution in [3.05, 3.63) is 46.0 Å². The number of hydrogen-bond donors (Lipinski definition) is 1. The van der Waals surface area contributed by atoms with Crippen LogP contribution in [0.15, 0.2) is 30.3 Å². The standard InChI is InChI=1S/C11H9NO3/c1-7-5-6-8-9(11(7)13)3-2-4-10(8)12(14)15/h2-6,13H,1H3. The Morgan fingerprint density at radius 3 is 2.60 bits per heavy atom. The van der Waals surface area contributed by atoms with Gasteiger partial charge in [-0.3, -0.25) is 10.1 Å². The molecular formula is C11H9NO3. The molecule has 0 radical (unpaired) electrons. The molecule has 4 heteroatoms. The molecule has 0 heterocycles. The first kappa shape index (κ1) is 9.45. The quantitative estimate of drug-likeness (QED) is 0.572. The molecule has 2 aromatic rings. The predicted molar refractivity (Wildman–Crippen MR) is 57.0 cm³/mol. The Labute approximate surface area is 85.9 Å². The van der Waals surface area contributed by atoms with Crippen molar-refractivity contribution < 1.29 is 10.0 Å². The lowest BCUT2D eigenvalue weighted by Gasteiger charge is -2.04. The molecule has 0 aromatic heterocycles. The smallest absolute Gasteiger partial charge is 0.277 e. The van der Waals surface area contributed by atoms with Crippen LogP contribution in [0.1, 0.15) is 5.56 Å². The Morgan fingerprint density at radius 2 is 1.93 bits per heavy atom. The lowest BCUT2D eigenvalue weighted by atomic mass is 10.0. The molecule has 0 aliphatic rings. The van der Waals surface area contributed by atoms with E-state index in [0.29, 0.717) is 16.3 Å². The normalized spacial score (nSPS) is 10.5. The first-order chi connectivity index (χ1) is 7.11. The highest BCUT2D eigenvalue weighted by Crippen LogP contribution is 2.33. The van der Waals surface area contributed by atoms with Crippen LogP contribution in [0.2, 0.25) is 0 Å². The van der Waals surface area contributed by atoms with Crippen molar-refractivity contribution >= 4 is 16.5 Å². The number of aromatic hydroxyl groups is 1. The fraction of sp³-hybridized carbons (Fsp3) is 0.0909. The molecule has 0 spiro atoms. The van der Waals surface area contributed by atoms with E-state index in [9.17, 15) is 15.2 Å². The van der Waals surface area contributed by atoms with Crippen molar-refractivity contribution in [2.24, 2.45) is 0 Å². The average Bonchev–Trinajstić information content (AvgIpc) is 2.23. The lowest BCUT2D eigenvalue weighted by Crippen LogP contribution is -1.89. The molecular weight excluding hydrogens is 194 g/mol. The van der Waals surface area contributed by atoms with Gasteiger partial charge in [-0.25, -0.2) is 0 Å². The second kappa shape index (κ2) is 3.24. The van der Waals surface area contributed by atoms with Gasteiger partial charge in [0.15, 0.2) is 0 Å². The molecule has 0 aliphatic heterocycles. The van der Waals surface area contributed by atoms with E-state index in [1.807, 2.05) is 0 Å². The first-order valence-electron chi connectivity index (χ1n) is 4.47. The third kappa shape index (κ3) is 1.40. The van der Waals surface area contributed by atoms with Crippen LogP contribution in [-0.4, -0.2) is 10.0 Å². The van der Waals surface area contributed by atoms with Gasteiger partial charge < -0.3 is 5.11 Å². The number of non-ortho nitro benzene ring substituents is 1. The number of nitrogens with zero attached hydrogens (tertiary/aromatic N) is 1. The summed E-state index contributed by atoms with van der Waals surface area (Å²) in [5.74, 6) is 0.108. The molecule has 0 unspecified atom stereocenters. The van der Waals surface area contributed by atoms with E-state index in [0.717, 1.165) is 0 Å². The van der Waals surface area contributed by atoms with Gasteiger partial charge in [0, 0.05) is 11.5 Å². The van der Waals surface area contributed by atoms with Crippen LogP contribution < -0.4 is 0 Å². The molecule has 1 N–H and O–H groups in total. The second-order valence-corrected chi connectivity index (χ2v) is 3.36. The number of rotatable bonds is 1. The zero-order valence-corrected chi connectivity index (χ0v) is 8.10. The van der Waals surface area contributed by atoms with Crippen LogP contribution in [0.4, 0.5) is 5.69 Å². The van der Waals surface area contributed by atoms with Gasteiger partial charge in [-0.1, -0.05) is 18.2 Å². The minimum Gasteiger partial charge on any atom is -0.507 e. The summed E-state index contributed by atoms with van der Waals surface area (Å²) in [5, 5.41) is 21.5. The van der Waals surface area contributed by atoms with Crippen molar-refractivity contribution in [2.75, 3.05) is 0 Å². The molecule has 0 saturated carbocycles. The van der Waals surface area contributed by atoms with Crippen LogP contribution >= 0.6 is 0 Å². The summed E-state index contributed by atoms with van der Waals surface area (Å²) in [6.45, 7) is 1.76. The van der Waals surface area contributed by atoms with Crippen molar-refractivity contribution in [3.8, 4) is 5.75 Å². The minimum absolute atomic E-state index is 0.0165. The molecule has 0 saturated heterocycles. The van der Waals surface area contributed by atoms with Gasteiger partial charge in [-0.2, -0.15) is 0 Å². The number of nitro groups is 1. The third-order valence-corrected chi connectivity index (χ3v) is 2.41. The molecule has 0 bridgehead atoms. The van der Waals surface area contributed by atoms with Gasteiger partial charge in [0.1, 0.15) is 5.75 Å². The molecule has 0 aliphatic carbocycles. The van der Waals surface area contributed by atoms with Crippen molar-refractivity contribution in [1.29, 1.82) is 0 Å². The van der Waals surface area contributed by atoms with Crippen LogP contribution in [0, 0.1) is 17.0 Å². The van der Waals surface area contributed by atoms with E-state index >= 15 is 0 Å². The van der Waals surface area contributed by atoms with Gasteiger partial charge in [0.05, 0.1) is 10.3 Å². The Morgan fingerprint density at radius 1 is 1.20 bits per heavy atom. The summed E-state index contributed by atoms with van der Waals surface area (Å²) in [4.78, 5) is 10.3. The molecule has 0 atom stereocenters. The second-order valence-electron chi connectivity index (χ2n) is 3.36. The summed E-state index contributed by atoms with van der Waals surface area (Å²) in [6.07, 6.45) is 0. The first-order valence-corrected chi connectivity index (χ1v) is 4.47. The topological polar surface area (TPSA) is 63.4 Å². The summed E-state index contributed by atoms with van der Waals surface area (Å²) in [5.41, 5.74) is 0.728. The van der Waals surface area contributed by atoms with Gasteiger partial charge in [-0.15, -0.1) is 0 Å². The van der Waals surface area contributed by atoms with Gasteiger partial charge in [0.25, 0.3) is 5.69 Å². The number of hydrogen-bond acceptors (Lipinski definition) is 3. The molecule has 76 valence electrons. The van der Waals surface area contributed by atoms with Crippen molar-refractivity contribution in [3.63, 3.8) is 0 Å². The van der Waals surface area contributed by atoms with Crippen LogP contribution in [0.25, 0.3) is 10.8 Å². The highest BCUT2D eigenvalue weighted by molar-refractivity contribution is 5.95. The van der Waals surface area contributed by atoms with Gasteiger partial charge >= 0.3 is 0 Å². The average molecular weight is 203 g/mol. The highest BCUT2D eigenvalue weighted by Gasteiger charge is 2.13. The summed E-state index contributed by atoms with van der Waals surface area (Å²) < 4.78 is 0. The fourth-order valence-corrected chi connectivity index (χ4v) is 1.59. The highest BCUT2D eigenvalue weighted by atomic mass is 16.6. The Kier molecular flexibility index (Phi) is 2.04. The van der Waals surface area contributed by atoms with Crippen molar-refractivity contribution in [1.82, 2.24) is 0 Å². The molecule has 15 heavy (non-hydrogen) atoms. The maximum absolute atomic E-state index is 10.7. The molecule has 4 nitrogen and oxygen atoms in total. The van der Waals surface area contributed by atoms with Crippen LogP contribution in [0.5, 0.6) is 5.75 Å². The van der Waals surface area contributed by atoms with Gasteiger partial charge in [0.2, 0.25) is 0 Å². The molecule has 0 fully saturated rings. The molecule has 0 amide bonds. The predicted octanol–water partition coefficient (Wildman–Crippen LogP) is 2.76. The number of phenols is 1. The lowest BCUT2D eigenvalue weighted by molar-refractivity contribution is -0.383. The number of benzene rings is 2. The van der Waals surface area contributed by atoms with E-state index in [-0.39, 0.29) is 11.4 Å². The van der Waals surface area contributed by atoms with E-state index < -0.39 is 4.92 Å². The zero-order valence-electron chi connectivity index (χ0n) is 8.10. The Hall–Kier alpha value is -2.10. The number of phenolic OH excluding ortho intramolecular Hbond substituents is 1. The summed E-state index contributed by atoms with van der Waals surface area (Å²) in [6, 6.07) is 7.99. The largest absolute Gasteiger partial charge is 0.507 e. The maximum Gasteiger partial charge on any atom is 0.277 e.